The van der Waals surface area contributed by atoms with Crippen LogP contribution in [0.1, 0.15) is 44.9 Å². The molecule has 0 spiro atoms. The maximum Gasteiger partial charge on any atom is 0.220 e. The van der Waals surface area contributed by atoms with Crippen molar-refractivity contribution in [1.82, 2.24) is 10.2 Å². The number of carbonyl (C=O) groups is 1. The normalized spacial score (nSPS) is 18.6. The van der Waals surface area contributed by atoms with Gasteiger partial charge in [0.15, 0.2) is 0 Å². The standard InChI is InChI=1S/C13H25ClN2O/c1-16(2)13(8-4-5-9-13)11-15-12(17)7-3-6-10-14/h3-11H2,1-2H3,(H,15,17). The van der Waals surface area contributed by atoms with Crippen LogP contribution in [0.2, 0.25) is 0 Å². The summed E-state index contributed by atoms with van der Waals surface area (Å²) in [6.45, 7) is 0.791. The molecule has 0 unspecified atom stereocenters. The van der Waals surface area contributed by atoms with Gasteiger partial charge in [0.05, 0.1) is 0 Å². The number of unbranched alkanes of at least 4 members (excludes halogenated alkanes) is 1. The van der Waals surface area contributed by atoms with Gasteiger partial charge in [-0.1, -0.05) is 12.8 Å². The third-order valence-electron chi connectivity index (χ3n) is 3.89. The van der Waals surface area contributed by atoms with Gasteiger partial charge >= 0.3 is 0 Å². The summed E-state index contributed by atoms with van der Waals surface area (Å²) < 4.78 is 0. The lowest BCUT2D eigenvalue weighted by molar-refractivity contribution is -0.121. The zero-order valence-corrected chi connectivity index (χ0v) is 11.9. The fourth-order valence-electron chi connectivity index (χ4n) is 2.55. The SMILES string of the molecule is CN(C)C1(CNC(=O)CCCCCl)CCCC1. The highest BCUT2D eigenvalue weighted by Crippen LogP contribution is 2.33. The quantitative estimate of drug-likeness (QED) is 0.563. The molecule has 1 aliphatic carbocycles. The third-order valence-corrected chi connectivity index (χ3v) is 4.15. The average Bonchev–Trinajstić information content (AvgIpc) is 2.77. The van der Waals surface area contributed by atoms with Crippen molar-refractivity contribution < 1.29 is 4.79 Å². The monoisotopic (exact) mass is 260 g/mol. The van der Waals surface area contributed by atoms with Gasteiger partial charge in [-0.25, -0.2) is 0 Å². The average molecular weight is 261 g/mol. The number of nitrogens with one attached hydrogen (secondary N) is 1. The van der Waals surface area contributed by atoms with Gasteiger partial charge in [-0.05, 0) is 39.8 Å². The van der Waals surface area contributed by atoms with Crippen LogP contribution >= 0.6 is 11.6 Å². The summed E-state index contributed by atoms with van der Waals surface area (Å²) in [6, 6.07) is 0. The highest BCUT2D eigenvalue weighted by atomic mass is 35.5. The molecule has 0 radical (unpaired) electrons. The Bertz CT molecular complexity index is 238. The van der Waals surface area contributed by atoms with Crippen molar-refractivity contribution in [3.63, 3.8) is 0 Å². The largest absolute Gasteiger partial charge is 0.354 e. The first-order valence-corrected chi connectivity index (χ1v) is 7.14. The van der Waals surface area contributed by atoms with E-state index in [1.54, 1.807) is 0 Å². The van der Waals surface area contributed by atoms with E-state index < -0.39 is 0 Å². The van der Waals surface area contributed by atoms with Gasteiger partial charge in [-0.3, -0.25) is 4.79 Å². The van der Waals surface area contributed by atoms with E-state index in [9.17, 15) is 4.79 Å². The van der Waals surface area contributed by atoms with Crippen LogP contribution in [0.5, 0.6) is 0 Å². The van der Waals surface area contributed by atoms with Gasteiger partial charge in [0, 0.05) is 24.4 Å². The highest BCUT2D eigenvalue weighted by molar-refractivity contribution is 6.17. The van der Waals surface area contributed by atoms with Crippen molar-refractivity contribution in [2.45, 2.75) is 50.5 Å². The smallest absolute Gasteiger partial charge is 0.220 e. The van der Waals surface area contributed by atoms with Crippen molar-refractivity contribution >= 4 is 17.5 Å². The lowest BCUT2D eigenvalue weighted by Crippen LogP contribution is -2.50. The fourth-order valence-corrected chi connectivity index (χ4v) is 2.74. The molecule has 0 aromatic carbocycles. The van der Waals surface area contributed by atoms with Crippen molar-refractivity contribution in [1.29, 1.82) is 0 Å². The first kappa shape index (κ1) is 14.8. The predicted molar refractivity (Wildman–Crippen MR) is 72.5 cm³/mol. The van der Waals surface area contributed by atoms with E-state index in [0.717, 1.165) is 19.4 Å². The number of likely N-dealkylation sites (N-methyl/N-ethyl adjacent to an activating group) is 1. The molecule has 1 rings (SSSR count). The number of carbonyl (C=O) groups excluding carboxylic acids is 1. The predicted octanol–water partition coefficient (Wildman–Crippen LogP) is 2.39. The van der Waals surface area contributed by atoms with Gasteiger partial charge < -0.3 is 10.2 Å². The molecule has 1 saturated carbocycles. The van der Waals surface area contributed by atoms with E-state index in [1.165, 1.54) is 25.7 Å². The second-order valence-electron chi connectivity index (χ2n) is 5.25. The van der Waals surface area contributed by atoms with Gasteiger partial charge in [-0.2, -0.15) is 0 Å². The second kappa shape index (κ2) is 7.22. The van der Waals surface area contributed by atoms with Gasteiger partial charge in [-0.15, -0.1) is 11.6 Å². The van der Waals surface area contributed by atoms with Crippen LogP contribution in [0.4, 0.5) is 0 Å². The minimum absolute atomic E-state index is 0.170. The van der Waals surface area contributed by atoms with Crippen LogP contribution in [0, 0.1) is 0 Å². The molecule has 1 fully saturated rings. The lowest BCUT2D eigenvalue weighted by atomic mass is 9.96. The first-order valence-electron chi connectivity index (χ1n) is 6.61. The summed E-state index contributed by atoms with van der Waals surface area (Å²) >= 11 is 5.59. The van der Waals surface area contributed by atoms with Gasteiger partial charge in [0.2, 0.25) is 5.91 Å². The molecule has 0 atom stereocenters. The molecule has 1 amide bonds. The van der Waals surface area contributed by atoms with Crippen molar-refractivity contribution in [2.75, 3.05) is 26.5 Å². The van der Waals surface area contributed by atoms with Crippen LogP contribution in [-0.4, -0.2) is 42.9 Å². The second-order valence-corrected chi connectivity index (χ2v) is 5.63. The Labute approximate surface area is 110 Å². The van der Waals surface area contributed by atoms with Gasteiger partial charge in [0.25, 0.3) is 0 Å². The zero-order chi connectivity index (χ0) is 12.7. The highest BCUT2D eigenvalue weighted by Gasteiger charge is 2.35. The molecule has 0 bridgehead atoms. The third kappa shape index (κ3) is 4.47. The molecule has 0 aromatic rings. The Morgan fingerprint density at radius 1 is 1.29 bits per heavy atom. The minimum Gasteiger partial charge on any atom is -0.354 e. The van der Waals surface area contributed by atoms with E-state index in [0.29, 0.717) is 12.3 Å². The van der Waals surface area contributed by atoms with Crippen molar-refractivity contribution in [3.05, 3.63) is 0 Å². The summed E-state index contributed by atoms with van der Waals surface area (Å²) in [4.78, 5) is 13.9. The van der Waals surface area contributed by atoms with Crippen LogP contribution in [0.15, 0.2) is 0 Å². The Morgan fingerprint density at radius 2 is 1.94 bits per heavy atom. The molecule has 1 aliphatic rings. The summed E-state index contributed by atoms with van der Waals surface area (Å²) in [6.07, 6.45) is 7.37. The molecule has 4 heteroatoms. The summed E-state index contributed by atoms with van der Waals surface area (Å²) in [5.41, 5.74) is 0.197. The molecule has 0 heterocycles. The van der Waals surface area contributed by atoms with Gasteiger partial charge in [0.1, 0.15) is 0 Å². The van der Waals surface area contributed by atoms with Crippen LogP contribution in [0.3, 0.4) is 0 Å². The topological polar surface area (TPSA) is 32.3 Å². The number of nitrogens with zero attached hydrogens (tertiary/aromatic N) is 1. The van der Waals surface area contributed by atoms with E-state index in [2.05, 4.69) is 24.3 Å². The number of amides is 1. The molecule has 17 heavy (non-hydrogen) atoms. The van der Waals surface area contributed by atoms with Crippen molar-refractivity contribution in [3.8, 4) is 0 Å². The number of hydrogen-bond donors (Lipinski definition) is 1. The van der Waals surface area contributed by atoms with Crippen LogP contribution < -0.4 is 5.32 Å². The number of rotatable bonds is 7. The molecule has 0 aliphatic heterocycles. The fraction of sp³-hybridized carbons (Fsp3) is 0.923. The Morgan fingerprint density at radius 3 is 2.47 bits per heavy atom. The minimum atomic E-state index is 0.170. The molecular weight excluding hydrogens is 236 g/mol. The first-order chi connectivity index (χ1) is 8.10. The van der Waals surface area contributed by atoms with E-state index in [-0.39, 0.29) is 11.4 Å². The van der Waals surface area contributed by atoms with Crippen LogP contribution in [-0.2, 0) is 4.79 Å². The Kier molecular flexibility index (Phi) is 6.28. The summed E-state index contributed by atoms with van der Waals surface area (Å²) in [5.74, 6) is 0.817. The molecule has 100 valence electrons. The number of hydrogen-bond acceptors (Lipinski definition) is 2. The maximum absolute atomic E-state index is 11.7. The Hall–Kier alpha value is -0.280. The summed E-state index contributed by atoms with van der Waals surface area (Å²) in [5, 5.41) is 3.08. The molecular formula is C13H25ClN2O. The Balaban J connectivity index is 2.30. The number of alkyl halides is 1. The van der Waals surface area contributed by atoms with Crippen LogP contribution in [0.25, 0.3) is 0 Å². The van der Waals surface area contributed by atoms with E-state index in [4.69, 9.17) is 11.6 Å². The van der Waals surface area contributed by atoms with E-state index >= 15 is 0 Å². The van der Waals surface area contributed by atoms with Crippen molar-refractivity contribution in [2.24, 2.45) is 0 Å². The lowest BCUT2D eigenvalue weighted by Gasteiger charge is -2.36. The summed E-state index contributed by atoms with van der Waals surface area (Å²) in [7, 11) is 4.23. The number of halogens is 1. The molecule has 1 N–H and O–H groups in total. The molecule has 0 aromatic heterocycles. The van der Waals surface area contributed by atoms with E-state index in [1.807, 2.05) is 0 Å². The molecule has 0 saturated heterocycles. The maximum atomic E-state index is 11.7. The molecule has 3 nitrogen and oxygen atoms in total. The zero-order valence-electron chi connectivity index (χ0n) is 11.1.